The smallest absolute Gasteiger partial charge is 0.275 e. The number of hydrogen-bond acceptors (Lipinski definition) is 4. The first-order valence-corrected chi connectivity index (χ1v) is 4.31. The molecule has 6 heteroatoms. The summed E-state index contributed by atoms with van der Waals surface area (Å²) in [6, 6.07) is 0. The molecule has 0 spiro atoms. The molecule has 1 heterocycles. The van der Waals surface area contributed by atoms with Crippen molar-refractivity contribution in [1.29, 1.82) is 0 Å². The molecule has 0 aliphatic heterocycles. The van der Waals surface area contributed by atoms with Gasteiger partial charge in [0.2, 0.25) is 0 Å². The van der Waals surface area contributed by atoms with Crippen LogP contribution < -0.4 is 5.73 Å². The Morgan fingerprint density at radius 1 is 1.62 bits per heavy atom. The van der Waals surface area contributed by atoms with Gasteiger partial charge in [-0.2, -0.15) is 0 Å². The van der Waals surface area contributed by atoms with Crippen molar-refractivity contribution in [3.63, 3.8) is 0 Å². The second kappa shape index (κ2) is 3.69. The fourth-order valence-electron chi connectivity index (χ4n) is 0.757. The molecule has 0 atom stereocenters. The van der Waals surface area contributed by atoms with Crippen LogP contribution >= 0.6 is 15.9 Å². The molecule has 0 bridgehead atoms. The van der Waals surface area contributed by atoms with Crippen LogP contribution in [0.25, 0.3) is 0 Å². The standard InChI is InChI=1S/C7H9BrN4O/c1-12(2)7(13)5-6(9)11-4(8)3-10-5/h3H,1-2H3,(H2,9,11). The number of nitrogens with zero attached hydrogens (tertiary/aromatic N) is 3. The van der Waals surface area contributed by atoms with Crippen molar-refractivity contribution in [2.45, 2.75) is 0 Å². The van der Waals surface area contributed by atoms with Crippen molar-refractivity contribution < 1.29 is 4.79 Å². The fourth-order valence-corrected chi connectivity index (χ4v) is 1.05. The number of nitrogens with two attached hydrogens (primary N) is 1. The zero-order chi connectivity index (χ0) is 10.0. The molecule has 0 unspecified atom stereocenters. The van der Waals surface area contributed by atoms with Gasteiger partial charge in [-0.25, -0.2) is 9.97 Å². The Balaban J connectivity index is 3.09. The van der Waals surface area contributed by atoms with Crippen molar-refractivity contribution in [2.75, 3.05) is 19.8 Å². The Morgan fingerprint density at radius 2 is 2.23 bits per heavy atom. The summed E-state index contributed by atoms with van der Waals surface area (Å²) in [6.45, 7) is 0. The quantitative estimate of drug-likeness (QED) is 0.782. The van der Waals surface area contributed by atoms with Crippen LogP contribution in [0, 0.1) is 0 Å². The van der Waals surface area contributed by atoms with E-state index in [9.17, 15) is 4.79 Å². The van der Waals surface area contributed by atoms with Gasteiger partial charge in [-0.3, -0.25) is 4.79 Å². The van der Waals surface area contributed by atoms with Crippen LogP contribution in [0.15, 0.2) is 10.8 Å². The molecular weight excluding hydrogens is 236 g/mol. The minimum absolute atomic E-state index is 0.132. The summed E-state index contributed by atoms with van der Waals surface area (Å²) in [5, 5.41) is 0. The molecule has 5 nitrogen and oxygen atoms in total. The predicted octanol–water partition coefficient (Wildman–Crippen LogP) is 0.523. The van der Waals surface area contributed by atoms with Gasteiger partial charge in [0.25, 0.3) is 5.91 Å². The number of halogens is 1. The molecule has 0 radical (unpaired) electrons. The Labute approximate surface area is 84.1 Å². The van der Waals surface area contributed by atoms with E-state index in [1.165, 1.54) is 11.1 Å². The topological polar surface area (TPSA) is 72.1 Å². The van der Waals surface area contributed by atoms with Crippen LogP contribution in [0.2, 0.25) is 0 Å². The lowest BCUT2D eigenvalue weighted by Gasteiger charge is -2.10. The molecule has 0 fully saturated rings. The number of carbonyl (C=O) groups is 1. The molecule has 0 saturated heterocycles. The molecule has 0 aliphatic carbocycles. The summed E-state index contributed by atoms with van der Waals surface area (Å²) in [5.41, 5.74) is 5.68. The second-order valence-corrected chi connectivity index (χ2v) is 3.44. The van der Waals surface area contributed by atoms with Gasteiger partial charge >= 0.3 is 0 Å². The Hall–Kier alpha value is -1.17. The van der Waals surface area contributed by atoms with Gasteiger partial charge in [0.1, 0.15) is 4.60 Å². The lowest BCUT2D eigenvalue weighted by atomic mass is 10.3. The highest BCUT2D eigenvalue weighted by Crippen LogP contribution is 2.11. The molecule has 2 N–H and O–H groups in total. The van der Waals surface area contributed by atoms with Gasteiger partial charge in [-0.05, 0) is 15.9 Å². The van der Waals surface area contributed by atoms with Gasteiger partial charge in [-0.15, -0.1) is 0 Å². The van der Waals surface area contributed by atoms with Crippen LogP contribution in [-0.4, -0.2) is 34.9 Å². The summed E-state index contributed by atoms with van der Waals surface area (Å²) in [7, 11) is 3.26. The third-order valence-electron chi connectivity index (χ3n) is 1.38. The second-order valence-electron chi connectivity index (χ2n) is 2.63. The first-order chi connectivity index (χ1) is 6.02. The number of nitrogen functional groups attached to an aromatic ring is 1. The maximum atomic E-state index is 11.4. The van der Waals surface area contributed by atoms with Crippen molar-refractivity contribution in [1.82, 2.24) is 14.9 Å². The van der Waals surface area contributed by atoms with E-state index in [0.717, 1.165) is 0 Å². The highest BCUT2D eigenvalue weighted by Gasteiger charge is 2.14. The number of amides is 1. The number of hydrogen-bond donors (Lipinski definition) is 1. The number of carbonyl (C=O) groups excluding carboxylic acids is 1. The normalized spacial score (nSPS) is 9.77. The monoisotopic (exact) mass is 244 g/mol. The van der Waals surface area contributed by atoms with Crippen molar-refractivity contribution >= 4 is 27.7 Å². The summed E-state index contributed by atoms with van der Waals surface area (Å²) >= 11 is 3.10. The molecule has 1 rings (SSSR count). The molecule has 13 heavy (non-hydrogen) atoms. The Bertz CT molecular complexity index is 339. The van der Waals surface area contributed by atoms with E-state index in [4.69, 9.17) is 5.73 Å². The van der Waals surface area contributed by atoms with Crippen LogP contribution in [-0.2, 0) is 0 Å². The number of anilines is 1. The summed E-state index contributed by atoms with van der Waals surface area (Å²) in [4.78, 5) is 20.5. The lowest BCUT2D eigenvalue weighted by Crippen LogP contribution is -2.24. The first-order valence-electron chi connectivity index (χ1n) is 3.52. The van der Waals surface area contributed by atoms with Crippen LogP contribution in [0.1, 0.15) is 10.5 Å². The van der Waals surface area contributed by atoms with E-state index in [-0.39, 0.29) is 17.4 Å². The van der Waals surface area contributed by atoms with E-state index in [2.05, 4.69) is 25.9 Å². The molecule has 0 saturated carbocycles. The van der Waals surface area contributed by atoms with E-state index in [1.54, 1.807) is 14.1 Å². The van der Waals surface area contributed by atoms with Gasteiger partial charge in [0, 0.05) is 14.1 Å². The molecule has 1 amide bonds. The number of rotatable bonds is 1. The molecule has 1 aromatic heterocycles. The highest BCUT2D eigenvalue weighted by atomic mass is 79.9. The summed E-state index contributed by atoms with van der Waals surface area (Å²) in [6.07, 6.45) is 1.44. The minimum atomic E-state index is -0.252. The molecule has 0 aliphatic rings. The maximum Gasteiger partial charge on any atom is 0.275 e. The van der Waals surface area contributed by atoms with E-state index in [0.29, 0.717) is 4.60 Å². The van der Waals surface area contributed by atoms with Gasteiger partial charge in [-0.1, -0.05) is 0 Å². The first kappa shape index (κ1) is 9.91. The third kappa shape index (κ3) is 2.15. The fraction of sp³-hybridized carbons (Fsp3) is 0.286. The molecule has 70 valence electrons. The minimum Gasteiger partial charge on any atom is -0.382 e. The van der Waals surface area contributed by atoms with Crippen molar-refractivity contribution in [3.8, 4) is 0 Å². The molecular formula is C7H9BrN4O. The predicted molar refractivity (Wildman–Crippen MR) is 52.2 cm³/mol. The van der Waals surface area contributed by atoms with E-state index in [1.807, 2.05) is 0 Å². The Kier molecular flexibility index (Phi) is 2.82. The van der Waals surface area contributed by atoms with Crippen molar-refractivity contribution in [2.24, 2.45) is 0 Å². The van der Waals surface area contributed by atoms with Gasteiger partial charge < -0.3 is 10.6 Å². The van der Waals surface area contributed by atoms with Gasteiger partial charge in [0.05, 0.1) is 6.20 Å². The largest absolute Gasteiger partial charge is 0.382 e. The SMILES string of the molecule is CN(C)C(=O)c1ncc(Br)nc1N. The molecule has 0 aromatic carbocycles. The maximum absolute atomic E-state index is 11.4. The number of aromatic nitrogens is 2. The average molecular weight is 245 g/mol. The average Bonchev–Trinajstić information content (AvgIpc) is 2.03. The van der Waals surface area contributed by atoms with E-state index >= 15 is 0 Å². The van der Waals surface area contributed by atoms with Crippen LogP contribution in [0.4, 0.5) is 5.82 Å². The lowest BCUT2D eigenvalue weighted by molar-refractivity contribution is 0.0822. The van der Waals surface area contributed by atoms with Crippen LogP contribution in [0.5, 0.6) is 0 Å². The third-order valence-corrected chi connectivity index (χ3v) is 1.76. The zero-order valence-electron chi connectivity index (χ0n) is 7.28. The van der Waals surface area contributed by atoms with Crippen LogP contribution in [0.3, 0.4) is 0 Å². The molecule has 1 aromatic rings. The highest BCUT2D eigenvalue weighted by molar-refractivity contribution is 9.10. The van der Waals surface area contributed by atoms with Crippen molar-refractivity contribution in [3.05, 3.63) is 16.5 Å². The summed E-state index contributed by atoms with van der Waals surface area (Å²) in [5.74, 6) is -0.120. The van der Waals surface area contributed by atoms with E-state index < -0.39 is 0 Å². The Morgan fingerprint density at radius 3 is 2.69 bits per heavy atom. The summed E-state index contributed by atoms with van der Waals surface area (Å²) < 4.78 is 0.514. The van der Waals surface area contributed by atoms with Gasteiger partial charge in [0.15, 0.2) is 11.5 Å². The zero-order valence-corrected chi connectivity index (χ0v) is 8.87.